The summed E-state index contributed by atoms with van der Waals surface area (Å²) >= 11 is 0. The van der Waals surface area contributed by atoms with Gasteiger partial charge in [0, 0.05) is 26.2 Å². The molecule has 1 heterocycles. The third-order valence-electron chi connectivity index (χ3n) is 2.17. The van der Waals surface area contributed by atoms with E-state index in [4.69, 9.17) is 5.11 Å². The second-order valence-electron chi connectivity index (χ2n) is 3.30. The van der Waals surface area contributed by atoms with Gasteiger partial charge in [0.25, 0.3) is 5.91 Å². The first-order valence-corrected chi connectivity index (χ1v) is 4.26. The van der Waals surface area contributed by atoms with Crippen molar-refractivity contribution in [3.8, 4) is 0 Å². The summed E-state index contributed by atoms with van der Waals surface area (Å²) in [5.74, 6) is -0.150. The average molecular weight is 172 g/mol. The lowest BCUT2D eigenvalue weighted by molar-refractivity contribution is -0.140. The van der Waals surface area contributed by atoms with E-state index in [9.17, 15) is 4.79 Å². The van der Waals surface area contributed by atoms with Gasteiger partial charge in [-0.1, -0.05) is 0 Å². The van der Waals surface area contributed by atoms with Gasteiger partial charge in [-0.2, -0.15) is 0 Å². The number of aliphatic hydroxyl groups is 1. The lowest BCUT2D eigenvalue weighted by Crippen LogP contribution is -2.49. The van der Waals surface area contributed by atoms with Crippen molar-refractivity contribution in [3.63, 3.8) is 0 Å². The molecule has 4 heteroatoms. The highest BCUT2D eigenvalue weighted by Gasteiger charge is 2.21. The van der Waals surface area contributed by atoms with E-state index < -0.39 is 6.10 Å². The number of aliphatic hydroxyl groups excluding tert-OH is 1. The zero-order valence-corrected chi connectivity index (χ0v) is 7.66. The van der Waals surface area contributed by atoms with Crippen LogP contribution in [0.15, 0.2) is 0 Å². The van der Waals surface area contributed by atoms with E-state index in [1.807, 2.05) is 7.05 Å². The van der Waals surface area contributed by atoms with Crippen LogP contribution in [0.4, 0.5) is 0 Å². The molecule has 1 saturated heterocycles. The van der Waals surface area contributed by atoms with Crippen LogP contribution in [0.5, 0.6) is 0 Å². The van der Waals surface area contributed by atoms with Crippen LogP contribution < -0.4 is 0 Å². The number of likely N-dealkylation sites (N-methyl/N-ethyl adjacent to an activating group) is 1. The zero-order chi connectivity index (χ0) is 9.14. The molecule has 0 aromatic heterocycles. The van der Waals surface area contributed by atoms with E-state index in [1.165, 1.54) is 6.92 Å². The van der Waals surface area contributed by atoms with E-state index in [0.29, 0.717) is 0 Å². The van der Waals surface area contributed by atoms with Gasteiger partial charge in [0.15, 0.2) is 0 Å². The summed E-state index contributed by atoms with van der Waals surface area (Å²) < 4.78 is 0. The van der Waals surface area contributed by atoms with Crippen molar-refractivity contribution in [1.82, 2.24) is 9.80 Å². The van der Waals surface area contributed by atoms with Crippen molar-refractivity contribution in [2.24, 2.45) is 0 Å². The first-order chi connectivity index (χ1) is 5.61. The van der Waals surface area contributed by atoms with Crippen LogP contribution in [-0.4, -0.2) is 60.1 Å². The molecule has 0 saturated carbocycles. The minimum absolute atomic E-state index is 0.150. The molecule has 1 aliphatic heterocycles. The van der Waals surface area contributed by atoms with Gasteiger partial charge in [-0.25, -0.2) is 0 Å². The molecule has 0 bridgehead atoms. The Morgan fingerprint density at radius 2 is 1.83 bits per heavy atom. The molecule has 1 unspecified atom stereocenters. The normalized spacial score (nSPS) is 22.4. The predicted molar refractivity (Wildman–Crippen MR) is 45.8 cm³/mol. The molecule has 1 N–H and O–H groups in total. The molecule has 1 aliphatic rings. The van der Waals surface area contributed by atoms with Gasteiger partial charge < -0.3 is 14.9 Å². The minimum Gasteiger partial charge on any atom is -0.384 e. The van der Waals surface area contributed by atoms with Crippen molar-refractivity contribution >= 4 is 5.91 Å². The highest BCUT2D eigenvalue weighted by molar-refractivity contribution is 5.80. The molecule has 0 aromatic rings. The van der Waals surface area contributed by atoms with Gasteiger partial charge in [0.2, 0.25) is 0 Å². The summed E-state index contributed by atoms with van der Waals surface area (Å²) in [6.45, 7) is 4.79. The summed E-state index contributed by atoms with van der Waals surface area (Å²) in [5, 5.41) is 9.03. The molecule has 0 aliphatic carbocycles. The number of carbonyl (C=O) groups is 1. The quantitative estimate of drug-likeness (QED) is 0.560. The molecular weight excluding hydrogens is 156 g/mol. The van der Waals surface area contributed by atoms with E-state index >= 15 is 0 Å². The fourth-order valence-corrected chi connectivity index (χ4v) is 1.29. The number of hydrogen-bond acceptors (Lipinski definition) is 3. The minimum atomic E-state index is -0.853. The van der Waals surface area contributed by atoms with Crippen LogP contribution in [0.1, 0.15) is 6.92 Å². The highest BCUT2D eigenvalue weighted by Crippen LogP contribution is 2.01. The Kier molecular flexibility index (Phi) is 3.05. The maximum atomic E-state index is 11.3. The second kappa shape index (κ2) is 3.87. The maximum absolute atomic E-state index is 11.3. The fourth-order valence-electron chi connectivity index (χ4n) is 1.29. The van der Waals surface area contributed by atoms with Gasteiger partial charge >= 0.3 is 0 Å². The lowest BCUT2D eigenvalue weighted by Gasteiger charge is -2.33. The Bertz CT molecular complexity index is 162. The first kappa shape index (κ1) is 9.48. The van der Waals surface area contributed by atoms with Gasteiger partial charge in [-0.3, -0.25) is 4.79 Å². The number of nitrogens with zero attached hydrogens (tertiary/aromatic N) is 2. The molecule has 0 aromatic carbocycles. The van der Waals surface area contributed by atoms with Crippen LogP contribution in [0.2, 0.25) is 0 Å². The molecule has 12 heavy (non-hydrogen) atoms. The SMILES string of the molecule is CC(O)C(=O)N1CCN(C)CC1. The van der Waals surface area contributed by atoms with Crippen molar-refractivity contribution < 1.29 is 9.90 Å². The van der Waals surface area contributed by atoms with E-state index in [0.717, 1.165) is 26.2 Å². The molecule has 0 radical (unpaired) electrons. The summed E-state index contributed by atoms with van der Waals surface area (Å²) in [7, 11) is 2.03. The van der Waals surface area contributed by atoms with Crippen LogP contribution in [-0.2, 0) is 4.79 Å². The Hall–Kier alpha value is -0.610. The molecule has 4 nitrogen and oxygen atoms in total. The Morgan fingerprint density at radius 1 is 1.33 bits per heavy atom. The number of amides is 1. The van der Waals surface area contributed by atoms with Crippen LogP contribution in [0, 0.1) is 0 Å². The van der Waals surface area contributed by atoms with Crippen molar-refractivity contribution in [2.45, 2.75) is 13.0 Å². The van der Waals surface area contributed by atoms with E-state index in [1.54, 1.807) is 4.90 Å². The number of carbonyl (C=O) groups excluding carboxylic acids is 1. The van der Waals surface area contributed by atoms with E-state index in [2.05, 4.69) is 4.90 Å². The molecular formula is C8H16N2O2. The molecule has 1 rings (SSSR count). The third kappa shape index (κ3) is 2.19. The average Bonchev–Trinajstić information content (AvgIpc) is 2.04. The van der Waals surface area contributed by atoms with Crippen molar-refractivity contribution in [1.29, 1.82) is 0 Å². The Balaban J connectivity index is 2.39. The largest absolute Gasteiger partial charge is 0.384 e. The van der Waals surface area contributed by atoms with Gasteiger partial charge in [-0.15, -0.1) is 0 Å². The van der Waals surface area contributed by atoms with Crippen LogP contribution in [0.3, 0.4) is 0 Å². The Morgan fingerprint density at radius 3 is 2.25 bits per heavy atom. The second-order valence-corrected chi connectivity index (χ2v) is 3.30. The summed E-state index contributed by atoms with van der Waals surface area (Å²) in [5.41, 5.74) is 0. The molecule has 1 fully saturated rings. The van der Waals surface area contributed by atoms with Crippen LogP contribution in [0.25, 0.3) is 0 Å². The van der Waals surface area contributed by atoms with Crippen molar-refractivity contribution in [2.75, 3.05) is 33.2 Å². The first-order valence-electron chi connectivity index (χ1n) is 4.26. The standard InChI is InChI=1S/C8H16N2O2/c1-7(11)8(12)10-5-3-9(2)4-6-10/h7,11H,3-6H2,1-2H3. The predicted octanol–water partition coefficient (Wildman–Crippen LogP) is -0.859. The van der Waals surface area contributed by atoms with Gasteiger partial charge in [0.1, 0.15) is 6.10 Å². The number of rotatable bonds is 1. The maximum Gasteiger partial charge on any atom is 0.251 e. The zero-order valence-electron chi connectivity index (χ0n) is 7.66. The highest BCUT2D eigenvalue weighted by atomic mass is 16.3. The van der Waals surface area contributed by atoms with Gasteiger partial charge in [-0.05, 0) is 14.0 Å². The third-order valence-corrected chi connectivity index (χ3v) is 2.17. The summed E-state index contributed by atoms with van der Waals surface area (Å²) in [4.78, 5) is 15.1. The van der Waals surface area contributed by atoms with Crippen molar-refractivity contribution in [3.05, 3.63) is 0 Å². The Labute approximate surface area is 72.8 Å². The topological polar surface area (TPSA) is 43.8 Å². The van der Waals surface area contributed by atoms with Gasteiger partial charge in [0.05, 0.1) is 0 Å². The molecule has 0 spiro atoms. The molecule has 70 valence electrons. The monoisotopic (exact) mass is 172 g/mol. The summed E-state index contributed by atoms with van der Waals surface area (Å²) in [6, 6.07) is 0. The smallest absolute Gasteiger partial charge is 0.251 e. The van der Waals surface area contributed by atoms with Crippen LogP contribution >= 0.6 is 0 Å². The number of piperazine rings is 1. The lowest BCUT2D eigenvalue weighted by atomic mass is 10.3. The summed E-state index contributed by atoms with van der Waals surface area (Å²) in [6.07, 6.45) is -0.853. The molecule has 1 amide bonds. The van der Waals surface area contributed by atoms with E-state index in [-0.39, 0.29) is 5.91 Å². The number of hydrogen-bond donors (Lipinski definition) is 1. The molecule has 1 atom stereocenters. The fraction of sp³-hybridized carbons (Fsp3) is 0.875.